The molecule has 130 valence electrons. The van der Waals surface area contributed by atoms with Gasteiger partial charge in [0.2, 0.25) is 5.88 Å². The van der Waals surface area contributed by atoms with Crippen molar-refractivity contribution in [2.24, 2.45) is 5.92 Å². The van der Waals surface area contributed by atoms with E-state index in [4.69, 9.17) is 16.3 Å². The molecule has 3 fully saturated rings. The Morgan fingerprint density at radius 2 is 2.12 bits per heavy atom. The Balaban J connectivity index is 1.41. The van der Waals surface area contributed by atoms with Crippen LogP contribution < -0.4 is 4.74 Å². The van der Waals surface area contributed by atoms with Crippen molar-refractivity contribution in [3.8, 4) is 17.7 Å². The summed E-state index contributed by atoms with van der Waals surface area (Å²) in [6, 6.07) is 4.23. The quantitative estimate of drug-likeness (QED) is 0.766. The van der Waals surface area contributed by atoms with Crippen molar-refractivity contribution in [1.82, 2.24) is 13.6 Å². The molecule has 4 heterocycles. The number of ether oxygens (including phenoxy) is 1. The van der Waals surface area contributed by atoms with Crippen LogP contribution in [0.2, 0.25) is 5.02 Å². The van der Waals surface area contributed by atoms with Crippen LogP contribution in [0.4, 0.5) is 4.39 Å². The molecule has 1 aromatic carbocycles. The minimum absolute atomic E-state index is 0.188. The van der Waals surface area contributed by atoms with E-state index in [2.05, 4.69) is 25.5 Å². The molecule has 0 radical (unpaired) electrons. The molecule has 2 aromatic rings. The summed E-state index contributed by atoms with van der Waals surface area (Å²) in [6.45, 7) is 3.61. The average molecular weight is 378 g/mol. The second kappa shape index (κ2) is 7.28. The second-order valence-corrected chi connectivity index (χ2v) is 7.41. The maximum absolute atomic E-state index is 13.3. The smallest absolute Gasteiger partial charge is 0.250 e. The van der Waals surface area contributed by atoms with Crippen LogP contribution in [0.25, 0.3) is 0 Å². The highest BCUT2D eigenvalue weighted by Gasteiger charge is 2.38. The van der Waals surface area contributed by atoms with Gasteiger partial charge in [-0.1, -0.05) is 23.4 Å². The van der Waals surface area contributed by atoms with Gasteiger partial charge in [0.1, 0.15) is 11.5 Å². The van der Waals surface area contributed by atoms with Crippen LogP contribution in [0.5, 0.6) is 5.88 Å². The summed E-state index contributed by atoms with van der Waals surface area (Å²) in [5, 5.41) is 0.332. The number of halogens is 2. The molecule has 0 amide bonds. The molecule has 0 aliphatic carbocycles. The predicted octanol–water partition coefficient (Wildman–Crippen LogP) is 3.57. The maximum atomic E-state index is 13.3. The topological polar surface area (TPSA) is 38.3 Å². The molecule has 1 unspecified atom stereocenters. The minimum atomic E-state index is -0.397. The first-order valence-corrected chi connectivity index (χ1v) is 9.42. The lowest BCUT2D eigenvalue weighted by Crippen LogP contribution is -2.46. The third kappa shape index (κ3) is 3.79. The lowest BCUT2D eigenvalue weighted by Gasteiger charge is -2.44. The van der Waals surface area contributed by atoms with Gasteiger partial charge < -0.3 is 9.64 Å². The first-order valence-electron chi connectivity index (χ1n) is 8.31. The van der Waals surface area contributed by atoms with Gasteiger partial charge in [0, 0.05) is 23.0 Å². The molecular formula is C18H17ClFN3OS. The van der Waals surface area contributed by atoms with E-state index < -0.39 is 5.82 Å². The van der Waals surface area contributed by atoms with Crippen molar-refractivity contribution in [2.75, 3.05) is 26.2 Å². The van der Waals surface area contributed by atoms with Crippen LogP contribution in [-0.4, -0.2) is 39.9 Å². The lowest BCUT2D eigenvalue weighted by atomic mass is 9.77. The SMILES string of the molecule is Fc1cc(Cl)cc(C#CCOc2nsnc2C2CN3CCC2CC3)c1. The monoisotopic (exact) mass is 377 g/mol. The largest absolute Gasteiger partial charge is 0.463 e. The Morgan fingerprint density at radius 1 is 1.28 bits per heavy atom. The lowest BCUT2D eigenvalue weighted by molar-refractivity contribution is 0.0843. The number of hydrogen-bond acceptors (Lipinski definition) is 5. The molecule has 1 atom stereocenters. The van der Waals surface area contributed by atoms with Gasteiger partial charge in [-0.05, 0) is 50.0 Å². The highest BCUT2D eigenvalue weighted by molar-refractivity contribution is 6.99. The number of fused-ring (bicyclic) bond motifs is 3. The van der Waals surface area contributed by atoms with Crippen LogP contribution in [0, 0.1) is 23.6 Å². The minimum Gasteiger partial charge on any atom is -0.463 e. The van der Waals surface area contributed by atoms with E-state index in [9.17, 15) is 4.39 Å². The Labute approximate surface area is 155 Å². The molecule has 3 aliphatic heterocycles. The Hall–Kier alpha value is -1.68. The summed E-state index contributed by atoms with van der Waals surface area (Å²) >= 11 is 7.01. The molecule has 0 saturated carbocycles. The van der Waals surface area contributed by atoms with Gasteiger partial charge in [0.05, 0.1) is 11.7 Å². The van der Waals surface area contributed by atoms with Gasteiger partial charge >= 0.3 is 0 Å². The van der Waals surface area contributed by atoms with Gasteiger partial charge in [-0.25, -0.2) is 4.39 Å². The molecule has 0 N–H and O–H groups in total. The Bertz CT molecular complexity index is 803. The molecule has 7 heteroatoms. The molecule has 25 heavy (non-hydrogen) atoms. The third-order valence-electron chi connectivity index (χ3n) is 4.87. The zero-order valence-corrected chi connectivity index (χ0v) is 15.1. The second-order valence-electron chi connectivity index (χ2n) is 6.45. The van der Waals surface area contributed by atoms with Gasteiger partial charge in [0.15, 0.2) is 6.61 Å². The van der Waals surface area contributed by atoms with E-state index in [1.54, 1.807) is 6.07 Å². The van der Waals surface area contributed by atoms with Crippen molar-refractivity contribution in [2.45, 2.75) is 18.8 Å². The molecule has 1 aromatic heterocycles. The molecule has 2 bridgehead atoms. The summed E-state index contributed by atoms with van der Waals surface area (Å²) in [7, 11) is 0. The number of rotatable bonds is 3. The number of aromatic nitrogens is 2. The summed E-state index contributed by atoms with van der Waals surface area (Å²) in [5.41, 5.74) is 1.50. The van der Waals surface area contributed by atoms with Gasteiger partial charge in [0.25, 0.3) is 0 Å². The molecule has 3 saturated heterocycles. The zero-order valence-electron chi connectivity index (χ0n) is 13.5. The average Bonchev–Trinajstić information content (AvgIpc) is 3.07. The predicted molar refractivity (Wildman–Crippen MR) is 95.6 cm³/mol. The summed E-state index contributed by atoms with van der Waals surface area (Å²) in [4.78, 5) is 2.49. The van der Waals surface area contributed by atoms with Crippen LogP contribution >= 0.6 is 23.3 Å². The summed E-state index contributed by atoms with van der Waals surface area (Å²) in [5.74, 6) is 7.03. The highest BCUT2D eigenvalue weighted by atomic mass is 35.5. The van der Waals surface area contributed by atoms with Crippen molar-refractivity contribution in [3.63, 3.8) is 0 Å². The molecular weight excluding hydrogens is 361 g/mol. The molecule has 5 rings (SSSR count). The number of piperidine rings is 3. The van der Waals surface area contributed by atoms with E-state index in [0.29, 0.717) is 28.3 Å². The molecule has 4 nitrogen and oxygen atoms in total. The highest BCUT2D eigenvalue weighted by Crippen LogP contribution is 2.41. The first kappa shape index (κ1) is 16.8. The van der Waals surface area contributed by atoms with Gasteiger partial charge in [-0.3, -0.25) is 0 Å². The van der Waals surface area contributed by atoms with Gasteiger partial charge in [-0.2, -0.15) is 4.37 Å². The van der Waals surface area contributed by atoms with Crippen molar-refractivity contribution in [3.05, 3.63) is 40.3 Å². The van der Waals surface area contributed by atoms with Crippen molar-refractivity contribution in [1.29, 1.82) is 0 Å². The maximum Gasteiger partial charge on any atom is 0.250 e. The van der Waals surface area contributed by atoms with Gasteiger partial charge in [-0.15, -0.1) is 4.37 Å². The van der Waals surface area contributed by atoms with E-state index in [-0.39, 0.29) is 6.61 Å². The van der Waals surface area contributed by atoms with Crippen LogP contribution in [0.15, 0.2) is 18.2 Å². The number of nitrogens with zero attached hydrogens (tertiary/aromatic N) is 3. The van der Waals surface area contributed by atoms with Crippen LogP contribution in [0.3, 0.4) is 0 Å². The number of benzene rings is 1. The van der Waals surface area contributed by atoms with Crippen LogP contribution in [-0.2, 0) is 0 Å². The van der Waals surface area contributed by atoms with E-state index in [0.717, 1.165) is 12.2 Å². The normalized spacial score (nSPS) is 24.6. The zero-order chi connectivity index (χ0) is 17.2. The Morgan fingerprint density at radius 3 is 2.84 bits per heavy atom. The van der Waals surface area contributed by atoms with Crippen LogP contribution in [0.1, 0.15) is 30.0 Å². The summed E-state index contributed by atoms with van der Waals surface area (Å²) < 4.78 is 27.8. The fourth-order valence-corrected chi connectivity index (χ4v) is 4.44. The van der Waals surface area contributed by atoms with E-state index in [1.807, 2.05) is 0 Å². The fourth-order valence-electron chi connectivity index (χ4n) is 3.66. The standard InChI is InChI=1S/C18H17ClFN3OS/c19-14-8-12(9-15(20)10-14)2-1-7-24-18-17(21-25-22-18)16-11-23-5-3-13(16)4-6-23/h8-10,13,16H,3-7,11H2. The fraction of sp³-hybridized carbons (Fsp3) is 0.444. The van der Waals surface area contributed by atoms with Crippen molar-refractivity contribution < 1.29 is 9.13 Å². The third-order valence-corrected chi connectivity index (χ3v) is 5.61. The van der Waals surface area contributed by atoms with E-state index in [1.165, 1.54) is 49.8 Å². The Kier molecular flexibility index (Phi) is 4.89. The number of hydrogen-bond donors (Lipinski definition) is 0. The molecule has 3 aliphatic rings. The van der Waals surface area contributed by atoms with Crippen molar-refractivity contribution >= 4 is 23.3 Å². The molecule has 0 spiro atoms. The van der Waals surface area contributed by atoms with E-state index >= 15 is 0 Å². The summed E-state index contributed by atoms with van der Waals surface area (Å²) in [6.07, 6.45) is 2.45. The first-order chi connectivity index (χ1) is 12.2.